The molecule has 1 aliphatic rings. The Hall–Kier alpha value is -1.97. The zero-order chi connectivity index (χ0) is 14.1. The van der Waals surface area contributed by atoms with Crippen molar-refractivity contribution in [3.63, 3.8) is 0 Å². The van der Waals surface area contributed by atoms with Gasteiger partial charge in [-0.15, -0.1) is 29.5 Å². The highest BCUT2D eigenvalue weighted by atomic mass is 32.2. The fraction of sp³-hybridized carbons (Fsp3) is 0.143. The maximum atomic E-state index is 12.0. The third kappa shape index (κ3) is 2.26. The molecule has 0 radical (unpaired) electrons. The Morgan fingerprint density at radius 2 is 2.35 bits per heavy atom. The molecule has 0 saturated carbocycles. The first kappa shape index (κ1) is 13.0. The lowest BCUT2D eigenvalue weighted by atomic mass is 10.1. The van der Waals surface area contributed by atoms with Gasteiger partial charge in [0.15, 0.2) is 5.13 Å². The number of thiazole rings is 1. The van der Waals surface area contributed by atoms with Crippen LogP contribution in [-0.4, -0.2) is 23.2 Å². The smallest absolute Gasteiger partial charge is 0.238 e. The minimum Gasteiger partial charge on any atom is -0.375 e. The molecule has 20 heavy (non-hydrogen) atoms. The van der Waals surface area contributed by atoms with E-state index in [0.717, 1.165) is 21.8 Å². The average Bonchev–Trinajstić information content (AvgIpc) is 2.88. The number of rotatable bonds is 2. The van der Waals surface area contributed by atoms with Crippen molar-refractivity contribution < 1.29 is 4.79 Å². The number of nitrogen functional groups attached to an aromatic ring is 1. The van der Waals surface area contributed by atoms with Crippen molar-refractivity contribution in [2.45, 2.75) is 4.90 Å². The van der Waals surface area contributed by atoms with Gasteiger partial charge in [-0.1, -0.05) is 12.0 Å². The molecule has 0 atom stereocenters. The van der Waals surface area contributed by atoms with Crippen molar-refractivity contribution >= 4 is 39.8 Å². The van der Waals surface area contributed by atoms with E-state index in [1.54, 1.807) is 4.90 Å². The molecule has 2 heterocycles. The highest BCUT2D eigenvalue weighted by Gasteiger charge is 2.24. The van der Waals surface area contributed by atoms with Crippen molar-refractivity contribution in [2.24, 2.45) is 0 Å². The van der Waals surface area contributed by atoms with E-state index < -0.39 is 0 Å². The Kier molecular flexibility index (Phi) is 3.38. The monoisotopic (exact) mass is 301 g/mol. The standard InChI is InChI=1S/C14H11N3OS2/c1-2-5-17-11-6-9(10-7-20-14(15)16-10)3-4-12(11)19-8-13(17)18/h1,3-4,6-7H,5,8H2,(H2,15,16). The van der Waals surface area contributed by atoms with Crippen LogP contribution < -0.4 is 10.6 Å². The number of benzene rings is 1. The largest absolute Gasteiger partial charge is 0.375 e. The minimum absolute atomic E-state index is 0.0374. The number of hydrogen-bond donors (Lipinski definition) is 1. The topological polar surface area (TPSA) is 59.2 Å². The second-order valence-corrected chi connectivity index (χ2v) is 6.13. The third-order valence-electron chi connectivity index (χ3n) is 2.97. The second-order valence-electron chi connectivity index (χ2n) is 4.23. The molecule has 4 nitrogen and oxygen atoms in total. The molecule has 0 aliphatic carbocycles. The first-order valence-electron chi connectivity index (χ1n) is 5.91. The van der Waals surface area contributed by atoms with Crippen LogP contribution in [0.1, 0.15) is 0 Å². The molecule has 0 fully saturated rings. The number of fused-ring (bicyclic) bond motifs is 1. The quantitative estimate of drug-likeness (QED) is 0.866. The summed E-state index contributed by atoms with van der Waals surface area (Å²) < 4.78 is 0. The maximum Gasteiger partial charge on any atom is 0.238 e. The molecular weight excluding hydrogens is 290 g/mol. The number of aromatic nitrogens is 1. The van der Waals surface area contributed by atoms with Crippen molar-refractivity contribution in [3.8, 4) is 23.6 Å². The van der Waals surface area contributed by atoms with Gasteiger partial charge in [0.25, 0.3) is 0 Å². The van der Waals surface area contributed by atoms with Gasteiger partial charge >= 0.3 is 0 Å². The van der Waals surface area contributed by atoms with Gasteiger partial charge in [0.05, 0.1) is 23.7 Å². The summed E-state index contributed by atoms with van der Waals surface area (Å²) in [4.78, 5) is 18.9. The van der Waals surface area contributed by atoms with E-state index in [-0.39, 0.29) is 12.5 Å². The summed E-state index contributed by atoms with van der Waals surface area (Å²) in [7, 11) is 0. The van der Waals surface area contributed by atoms with E-state index in [9.17, 15) is 4.79 Å². The number of nitrogens with zero attached hydrogens (tertiary/aromatic N) is 2. The van der Waals surface area contributed by atoms with Gasteiger partial charge in [-0.05, 0) is 12.1 Å². The fourth-order valence-corrected chi connectivity index (χ4v) is 3.53. The Morgan fingerprint density at radius 1 is 1.50 bits per heavy atom. The zero-order valence-corrected chi connectivity index (χ0v) is 12.1. The summed E-state index contributed by atoms with van der Waals surface area (Å²) in [5.41, 5.74) is 8.28. The van der Waals surface area contributed by atoms with Gasteiger partial charge in [0.2, 0.25) is 5.91 Å². The Labute approximate surface area is 125 Å². The van der Waals surface area contributed by atoms with Crippen molar-refractivity contribution in [2.75, 3.05) is 22.9 Å². The van der Waals surface area contributed by atoms with E-state index >= 15 is 0 Å². The van der Waals surface area contributed by atoms with Gasteiger partial charge < -0.3 is 5.73 Å². The van der Waals surface area contributed by atoms with E-state index in [1.165, 1.54) is 23.1 Å². The van der Waals surface area contributed by atoms with Crippen LogP contribution in [0.4, 0.5) is 10.8 Å². The SMILES string of the molecule is C#CCN1C(=O)CSc2ccc(-c3csc(N)n3)cc21. The fourth-order valence-electron chi connectivity index (χ4n) is 2.05. The molecule has 1 aromatic carbocycles. The molecule has 1 aliphatic heterocycles. The van der Waals surface area contributed by atoms with Gasteiger partial charge in [-0.25, -0.2) is 4.98 Å². The zero-order valence-electron chi connectivity index (χ0n) is 10.5. The van der Waals surface area contributed by atoms with Gasteiger partial charge in [-0.3, -0.25) is 9.69 Å². The molecule has 0 saturated heterocycles. The summed E-state index contributed by atoms with van der Waals surface area (Å²) in [6, 6.07) is 5.94. The molecule has 0 unspecified atom stereocenters. The lowest BCUT2D eigenvalue weighted by molar-refractivity contribution is -0.116. The first-order chi connectivity index (χ1) is 9.69. The molecule has 3 rings (SSSR count). The molecule has 2 aromatic rings. The summed E-state index contributed by atoms with van der Waals surface area (Å²) in [6.45, 7) is 0.287. The summed E-state index contributed by atoms with van der Waals surface area (Å²) in [5.74, 6) is 3.00. The van der Waals surface area contributed by atoms with Crippen LogP contribution in [0.15, 0.2) is 28.5 Å². The summed E-state index contributed by atoms with van der Waals surface area (Å²) in [6.07, 6.45) is 5.35. The maximum absolute atomic E-state index is 12.0. The molecule has 2 N–H and O–H groups in total. The molecule has 6 heteroatoms. The summed E-state index contributed by atoms with van der Waals surface area (Å²) >= 11 is 2.93. The van der Waals surface area contributed by atoms with Gasteiger partial charge in [-0.2, -0.15) is 0 Å². The van der Waals surface area contributed by atoms with E-state index in [0.29, 0.717) is 10.9 Å². The van der Waals surface area contributed by atoms with Crippen molar-refractivity contribution in [3.05, 3.63) is 23.6 Å². The number of carbonyl (C=O) groups is 1. The molecule has 100 valence electrons. The Bertz CT molecular complexity index is 717. The van der Waals surface area contributed by atoms with Gasteiger partial charge in [0, 0.05) is 15.8 Å². The molecule has 0 spiro atoms. The molecule has 1 aromatic heterocycles. The predicted octanol–water partition coefficient (Wildman–Crippen LogP) is 2.46. The van der Waals surface area contributed by atoms with Crippen LogP contribution in [0.5, 0.6) is 0 Å². The number of thioether (sulfide) groups is 1. The van der Waals surface area contributed by atoms with Crippen molar-refractivity contribution in [1.29, 1.82) is 0 Å². The lowest BCUT2D eigenvalue weighted by Gasteiger charge is -2.27. The average molecular weight is 301 g/mol. The van der Waals surface area contributed by atoms with Crippen LogP contribution in [0.3, 0.4) is 0 Å². The van der Waals surface area contributed by atoms with Crippen LogP contribution in [0.2, 0.25) is 0 Å². The van der Waals surface area contributed by atoms with Crippen LogP contribution >= 0.6 is 23.1 Å². The highest BCUT2D eigenvalue weighted by Crippen LogP contribution is 2.38. The summed E-state index contributed by atoms with van der Waals surface area (Å²) in [5, 5.41) is 2.43. The third-order valence-corrected chi connectivity index (χ3v) is 4.69. The highest BCUT2D eigenvalue weighted by molar-refractivity contribution is 8.00. The molecular formula is C14H11N3OS2. The van der Waals surface area contributed by atoms with Crippen LogP contribution in [0, 0.1) is 12.3 Å². The van der Waals surface area contributed by atoms with Crippen LogP contribution in [0.25, 0.3) is 11.3 Å². The molecule has 1 amide bonds. The minimum atomic E-state index is 0.0374. The van der Waals surface area contributed by atoms with Gasteiger partial charge in [0.1, 0.15) is 0 Å². The number of nitrogens with two attached hydrogens (primary N) is 1. The second kappa shape index (κ2) is 5.19. The number of carbonyl (C=O) groups excluding carboxylic acids is 1. The van der Waals surface area contributed by atoms with E-state index in [1.807, 2.05) is 23.6 Å². The Morgan fingerprint density at radius 3 is 3.05 bits per heavy atom. The number of anilines is 2. The van der Waals surface area contributed by atoms with Crippen LogP contribution in [-0.2, 0) is 4.79 Å². The molecule has 0 bridgehead atoms. The van der Waals surface area contributed by atoms with E-state index in [2.05, 4.69) is 10.9 Å². The van der Waals surface area contributed by atoms with Crippen molar-refractivity contribution in [1.82, 2.24) is 4.98 Å². The van der Waals surface area contributed by atoms with E-state index in [4.69, 9.17) is 12.2 Å². The normalized spacial score (nSPS) is 13.9. The number of terminal acetylenes is 1. The number of amides is 1. The predicted molar refractivity (Wildman–Crippen MR) is 83.9 cm³/mol. The Balaban J connectivity index is 2.06. The number of hydrogen-bond acceptors (Lipinski definition) is 5. The first-order valence-corrected chi connectivity index (χ1v) is 7.77. The lowest BCUT2D eigenvalue weighted by Crippen LogP contribution is -2.35.